The molecule has 1 saturated heterocycles. The van der Waals surface area contributed by atoms with Crippen LogP contribution in [0.2, 0.25) is 0 Å². The van der Waals surface area contributed by atoms with E-state index in [1.54, 1.807) is 10.9 Å². The summed E-state index contributed by atoms with van der Waals surface area (Å²) in [5, 5.41) is 11.1. The van der Waals surface area contributed by atoms with Gasteiger partial charge in [-0.3, -0.25) is 5.10 Å². The van der Waals surface area contributed by atoms with Crippen molar-refractivity contribution in [3.8, 4) is 0 Å². The van der Waals surface area contributed by atoms with Gasteiger partial charge in [0.15, 0.2) is 0 Å². The molecule has 150 valence electrons. The Balaban J connectivity index is 0.000000273. The average molecular weight is 441 g/mol. The predicted octanol–water partition coefficient (Wildman–Crippen LogP) is 3.53. The van der Waals surface area contributed by atoms with E-state index in [1.165, 1.54) is 0 Å². The molecular weight excluding hydrogens is 411 g/mol. The summed E-state index contributed by atoms with van der Waals surface area (Å²) in [5.41, 5.74) is 2.37. The van der Waals surface area contributed by atoms with Gasteiger partial charge in [0.1, 0.15) is 6.23 Å². The Hall–Kier alpha value is -1.16. The van der Waals surface area contributed by atoms with E-state index in [4.69, 9.17) is 14.0 Å². The zero-order valence-corrected chi connectivity index (χ0v) is 19.0. The molecule has 3 heterocycles. The van der Waals surface area contributed by atoms with Gasteiger partial charge in [-0.15, -0.1) is 0 Å². The lowest BCUT2D eigenvalue weighted by Gasteiger charge is -2.32. The minimum absolute atomic E-state index is 0.0822. The molecule has 0 radical (unpaired) electrons. The number of aromatic nitrogens is 4. The molecule has 2 aromatic rings. The van der Waals surface area contributed by atoms with Gasteiger partial charge in [-0.1, -0.05) is 0 Å². The van der Waals surface area contributed by atoms with Crippen LogP contribution in [0.25, 0.3) is 0 Å². The van der Waals surface area contributed by atoms with Crippen LogP contribution >= 0.6 is 15.9 Å². The first kappa shape index (κ1) is 22.1. The lowest BCUT2D eigenvalue weighted by atomic mass is 9.82. The van der Waals surface area contributed by atoms with E-state index in [0.717, 1.165) is 21.3 Å². The molecule has 1 atom stereocenters. The highest BCUT2D eigenvalue weighted by atomic mass is 79.9. The number of nitrogens with zero attached hydrogens (tertiary/aromatic N) is 3. The Bertz CT molecular complexity index is 724. The molecule has 9 heteroatoms. The molecule has 1 N–H and O–H groups in total. The fourth-order valence-corrected chi connectivity index (χ4v) is 2.68. The molecule has 1 aliphatic rings. The van der Waals surface area contributed by atoms with E-state index in [0.29, 0.717) is 6.61 Å². The van der Waals surface area contributed by atoms with Crippen molar-refractivity contribution in [3.05, 3.63) is 28.3 Å². The number of halogens is 1. The minimum Gasteiger partial charge on any atom is -0.399 e. The summed E-state index contributed by atoms with van der Waals surface area (Å²) in [4.78, 5) is 0. The standard InChI is InChI=1S/C13H23BN2O3.C5H7BrN2/c1-7-17-10(2)16-9-11(8-15-16)14-18-12(3,4)13(5,6)19-14;1-3-5(6)4(2)8-7-3/h8-10H,7H2,1-6H3;1-2H3,(H,7,8). The van der Waals surface area contributed by atoms with Crippen molar-refractivity contribution in [2.45, 2.75) is 72.8 Å². The molecule has 0 bridgehead atoms. The summed E-state index contributed by atoms with van der Waals surface area (Å²) >= 11 is 3.36. The summed E-state index contributed by atoms with van der Waals surface area (Å²) in [5.74, 6) is 0. The van der Waals surface area contributed by atoms with Crippen molar-refractivity contribution in [2.24, 2.45) is 0 Å². The Labute approximate surface area is 170 Å². The summed E-state index contributed by atoms with van der Waals surface area (Å²) in [7, 11) is -0.368. The van der Waals surface area contributed by atoms with Gasteiger partial charge in [0.25, 0.3) is 0 Å². The van der Waals surface area contributed by atoms with Gasteiger partial charge in [-0.25, -0.2) is 4.68 Å². The Morgan fingerprint density at radius 2 is 1.85 bits per heavy atom. The van der Waals surface area contributed by atoms with Crippen molar-refractivity contribution in [3.63, 3.8) is 0 Å². The molecule has 1 fully saturated rings. The fourth-order valence-electron chi connectivity index (χ4n) is 2.51. The number of aromatic amines is 1. The monoisotopic (exact) mass is 440 g/mol. The fraction of sp³-hybridized carbons (Fsp3) is 0.667. The molecule has 7 nitrogen and oxygen atoms in total. The average Bonchev–Trinajstić information content (AvgIpc) is 3.23. The summed E-state index contributed by atoms with van der Waals surface area (Å²) in [6.07, 6.45) is 3.61. The number of hydrogen-bond acceptors (Lipinski definition) is 5. The van der Waals surface area contributed by atoms with Crippen molar-refractivity contribution in [1.29, 1.82) is 0 Å². The van der Waals surface area contributed by atoms with Crippen molar-refractivity contribution in [2.75, 3.05) is 6.61 Å². The molecular formula is C18H30BBrN4O3. The second-order valence-corrected chi connectivity index (χ2v) is 8.44. The molecule has 0 aliphatic carbocycles. The van der Waals surface area contributed by atoms with Crippen LogP contribution in [0.4, 0.5) is 0 Å². The normalized spacial score (nSPS) is 18.9. The van der Waals surface area contributed by atoms with E-state index in [-0.39, 0.29) is 24.5 Å². The number of aryl methyl sites for hydroxylation is 2. The third-order valence-corrected chi connectivity index (χ3v) is 6.13. The van der Waals surface area contributed by atoms with Gasteiger partial charge in [0.05, 0.1) is 21.4 Å². The number of nitrogens with one attached hydrogen (secondary N) is 1. The lowest BCUT2D eigenvalue weighted by molar-refractivity contribution is 0.00578. The third-order valence-electron chi connectivity index (χ3n) is 4.97. The molecule has 0 spiro atoms. The first-order valence-electron chi connectivity index (χ1n) is 9.17. The number of rotatable bonds is 4. The Morgan fingerprint density at radius 3 is 2.26 bits per heavy atom. The molecule has 0 saturated carbocycles. The molecule has 1 unspecified atom stereocenters. The smallest absolute Gasteiger partial charge is 0.399 e. The number of ether oxygens (including phenoxy) is 1. The summed E-state index contributed by atoms with van der Waals surface area (Å²) in [6, 6.07) is 0. The van der Waals surface area contributed by atoms with Crippen LogP contribution in [0.1, 0.15) is 59.2 Å². The zero-order chi connectivity index (χ0) is 20.4. The topological polar surface area (TPSA) is 74.2 Å². The maximum atomic E-state index is 5.99. The molecule has 0 amide bonds. The van der Waals surface area contributed by atoms with Crippen molar-refractivity contribution < 1.29 is 14.0 Å². The van der Waals surface area contributed by atoms with Gasteiger partial charge in [-0.2, -0.15) is 10.2 Å². The second kappa shape index (κ2) is 8.47. The number of hydrogen-bond donors (Lipinski definition) is 1. The quantitative estimate of drug-likeness (QED) is 0.736. The van der Waals surface area contributed by atoms with E-state index < -0.39 is 0 Å². The Morgan fingerprint density at radius 1 is 1.26 bits per heavy atom. The van der Waals surface area contributed by atoms with Crippen LogP contribution < -0.4 is 5.46 Å². The molecule has 2 aromatic heterocycles. The minimum atomic E-state index is -0.368. The molecule has 27 heavy (non-hydrogen) atoms. The highest BCUT2D eigenvalue weighted by Gasteiger charge is 2.52. The first-order valence-corrected chi connectivity index (χ1v) is 9.96. The summed E-state index contributed by atoms with van der Waals surface area (Å²) < 4.78 is 20.3. The van der Waals surface area contributed by atoms with Gasteiger partial charge >= 0.3 is 7.12 Å². The first-order chi connectivity index (χ1) is 12.5. The van der Waals surface area contributed by atoms with Crippen LogP contribution in [0.15, 0.2) is 16.9 Å². The molecule has 0 aromatic carbocycles. The zero-order valence-electron chi connectivity index (χ0n) is 17.5. The van der Waals surface area contributed by atoms with Crippen LogP contribution in [0.5, 0.6) is 0 Å². The number of H-pyrrole nitrogens is 1. The van der Waals surface area contributed by atoms with Gasteiger partial charge in [-0.05, 0) is 71.3 Å². The van der Waals surface area contributed by atoms with Crippen LogP contribution in [0, 0.1) is 13.8 Å². The van der Waals surface area contributed by atoms with Crippen molar-refractivity contribution in [1.82, 2.24) is 20.0 Å². The van der Waals surface area contributed by atoms with Gasteiger partial charge in [0, 0.05) is 30.2 Å². The second-order valence-electron chi connectivity index (χ2n) is 7.64. The summed E-state index contributed by atoms with van der Waals surface area (Å²) in [6.45, 7) is 16.7. The molecule has 1 aliphatic heterocycles. The van der Waals surface area contributed by atoms with Crippen LogP contribution in [0.3, 0.4) is 0 Å². The third kappa shape index (κ3) is 5.02. The van der Waals surface area contributed by atoms with Gasteiger partial charge < -0.3 is 14.0 Å². The lowest BCUT2D eigenvalue weighted by Crippen LogP contribution is -2.41. The van der Waals surface area contributed by atoms with Crippen LogP contribution in [-0.4, -0.2) is 44.9 Å². The van der Waals surface area contributed by atoms with Crippen LogP contribution in [-0.2, 0) is 14.0 Å². The SMILES string of the molecule is CCOC(C)n1cc(B2OC(C)(C)C(C)(C)O2)cn1.Cc1n[nH]c(C)c1Br. The van der Waals surface area contributed by atoms with E-state index >= 15 is 0 Å². The van der Waals surface area contributed by atoms with E-state index in [1.807, 2.05) is 61.6 Å². The Kier molecular flexibility index (Phi) is 6.94. The molecule has 3 rings (SSSR count). The maximum absolute atomic E-state index is 5.99. The van der Waals surface area contributed by atoms with Crippen molar-refractivity contribution >= 4 is 28.5 Å². The predicted molar refractivity (Wildman–Crippen MR) is 110 cm³/mol. The maximum Gasteiger partial charge on any atom is 0.498 e. The highest BCUT2D eigenvalue weighted by Crippen LogP contribution is 2.36. The van der Waals surface area contributed by atoms with Gasteiger partial charge in [0.2, 0.25) is 0 Å². The van der Waals surface area contributed by atoms with E-state index in [9.17, 15) is 0 Å². The highest BCUT2D eigenvalue weighted by molar-refractivity contribution is 9.10. The largest absolute Gasteiger partial charge is 0.498 e. The van der Waals surface area contributed by atoms with E-state index in [2.05, 4.69) is 31.2 Å².